The summed E-state index contributed by atoms with van der Waals surface area (Å²) in [4.78, 5) is 4.20. The van der Waals surface area contributed by atoms with Gasteiger partial charge in [-0.05, 0) is 47.9 Å². The molecule has 0 bridgehead atoms. The normalized spacial score (nSPS) is 26.8. The van der Waals surface area contributed by atoms with Gasteiger partial charge in [0.25, 0.3) is 0 Å². The van der Waals surface area contributed by atoms with E-state index in [1.807, 2.05) is 0 Å². The number of benzene rings is 3. The highest BCUT2D eigenvalue weighted by Crippen LogP contribution is 2.73. The van der Waals surface area contributed by atoms with Crippen molar-refractivity contribution in [3.8, 4) is 11.1 Å². The van der Waals surface area contributed by atoms with Gasteiger partial charge in [0.2, 0.25) is 0 Å². The number of hydrogen-bond acceptors (Lipinski definition) is 2. The van der Waals surface area contributed by atoms with Crippen LogP contribution < -0.4 is 4.90 Å². The smallest absolute Gasteiger partial charge is 0.0949 e. The van der Waals surface area contributed by atoms with Crippen molar-refractivity contribution in [2.45, 2.75) is 63.7 Å². The van der Waals surface area contributed by atoms with Crippen molar-refractivity contribution < 1.29 is 0 Å². The molecule has 35 heavy (non-hydrogen) atoms. The predicted octanol–water partition coefficient (Wildman–Crippen LogP) is 9.04. The van der Waals surface area contributed by atoms with Crippen LogP contribution in [0.1, 0.15) is 68.7 Å². The second-order valence-corrected chi connectivity index (χ2v) is 11.7. The van der Waals surface area contributed by atoms with Crippen LogP contribution in [-0.2, 0) is 11.8 Å². The molecule has 3 aromatic rings. The zero-order chi connectivity index (χ0) is 23.8. The van der Waals surface area contributed by atoms with Gasteiger partial charge in [-0.15, -0.1) is 0 Å². The molecule has 0 aromatic heterocycles. The number of para-hydroxylation sites is 1. The van der Waals surface area contributed by atoms with Crippen LogP contribution in [0.3, 0.4) is 0 Å². The van der Waals surface area contributed by atoms with E-state index in [1.165, 1.54) is 68.9 Å². The third kappa shape index (κ3) is 2.57. The molecule has 3 aromatic carbocycles. The number of fused-ring (bicyclic) bond motifs is 6. The van der Waals surface area contributed by atoms with Gasteiger partial charge >= 0.3 is 0 Å². The Balaban J connectivity index is 1.49. The molecule has 176 valence electrons. The summed E-state index contributed by atoms with van der Waals surface area (Å²) in [7, 11) is 0. The van der Waals surface area contributed by atoms with E-state index in [9.17, 15) is 0 Å². The summed E-state index contributed by atoms with van der Waals surface area (Å²) in [6, 6.07) is 25.6. The Morgan fingerprint density at radius 1 is 0.800 bits per heavy atom. The molecule has 3 aliphatic heterocycles. The number of nitrogens with zero attached hydrogens (tertiary/aromatic N) is 1. The minimum Gasteiger partial charge on any atom is -0.325 e. The average Bonchev–Trinajstić information content (AvgIpc) is 3.29. The maximum atomic E-state index is 2.75. The Bertz CT molecular complexity index is 1400. The first kappa shape index (κ1) is 21.6. The van der Waals surface area contributed by atoms with Crippen LogP contribution in [0.15, 0.2) is 78.9 Å². The number of hydrogen-bond donors (Lipinski definition) is 0. The molecule has 2 heteroatoms. The first-order valence-corrected chi connectivity index (χ1v) is 14.3. The highest BCUT2D eigenvalue weighted by molar-refractivity contribution is 8.09. The predicted molar refractivity (Wildman–Crippen MR) is 151 cm³/mol. The molecule has 4 aliphatic rings. The topological polar surface area (TPSA) is 3.24 Å². The summed E-state index contributed by atoms with van der Waals surface area (Å²) >= 11 is 2.12. The lowest BCUT2D eigenvalue weighted by molar-refractivity contribution is 0.155. The molecule has 0 saturated heterocycles. The van der Waals surface area contributed by atoms with E-state index in [2.05, 4.69) is 116 Å². The minimum absolute atomic E-state index is 0.123. The molecule has 7 rings (SSSR count). The highest BCUT2D eigenvalue weighted by atomic mass is 32.2. The molecule has 3 atom stereocenters. The van der Waals surface area contributed by atoms with Crippen LogP contribution in [0.4, 0.5) is 5.69 Å². The van der Waals surface area contributed by atoms with Gasteiger partial charge in [0, 0.05) is 26.9 Å². The van der Waals surface area contributed by atoms with E-state index in [0.29, 0.717) is 5.37 Å². The van der Waals surface area contributed by atoms with Gasteiger partial charge in [0.1, 0.15) is 0 Å². The van der Waals surface area contributed by atoms with Crippen molar-refractivity contribution >= 4 is 28.1 Å². The Hall–Kier alpha value is -2.71. The van der Waals surface area contributed by atoms with Gasteiger partial charge in [-0.2, -0.15) is 0 Å². The molecule has 3 unspecified atom stereocenters. The molecule has 0 N–H and O–H groups in total. The van der Waals surface area contributed by atoms with E-state index in [1.54, 1.807) is 0 Å². The molecular weight excluding hydrogens is 442 g/mol. The van der Waals surface area contributed by atoms with Crippen LogP contribution in [0.25, 0.3) is 21.7 Å². The fraction of sp³-hybridized carbons (Fsp3) is 0.333. The fourth-order valence-electron chi connectivity index (χ4n) is 7.36. The lowest BCUT2D eigenvalue weighted by Gasteiger charge is -2.63. The SMILES string of the molecule is CCCCc1ccc(C2=C3c4ccccc4-c4cccc5c4N3C(S2)C2(CC)C=CC52CC)cc1. The zero-order valence-corrected chi connectivity index (χ0v) is 21.8. The van der Waals surface area contributed by atoms with E-state index < -0.39 is 0 Å². The largest absolute Gasteiger partial charge is 0.325 e. The van der Waals surface area contributed by atoms with Gasteiger partial charge in [-0.3, -0.25) is 0 Å². The van der Waals surface area contributed by atoms with Crippen molar-refractivity contribution in [3.63, 3.8) is 0 Å². The van der Waals surface area contributed by atoms with Crippen LogP contribution in [0.2, 0.25) is 0 Å². The third-order valence-corrected chi connectivity index (χ3v) is 10.8. The molecule has 0 fully saturated rings. The highest BCUT2D eigenvalue weighted by Gasteiger charge is 2.65. The van der Waals surface area contributed by atoms with Crippen LogP contribution >= 0.6 is 11.8 Å². The van der Waals surface area contributed by atoms with Gasteiger partial charge < -0.3 is 4.90 Å². The van der Waals surface area contributed by atoms with Gasteiger partial charge in [0.05, 0.1) is 16.8 Å². The average molecular weight is 476 g/mol. The van der Waals surface area contributed by atoms with Crippen LogP contribution in [0, 0.1) is 5.41 Å². The summed E-state index contributed by atoms with van der Waals surface area (Å²) < 4.78 is 0. The Morgan fingerprint density at radius 2 is 1.57 bits per heavy atom. The van der Waals surface area contributed by atoms with E-state index in [-0.39, 0.29) is 10.8 Å². The quantitative estimate of drug-likeness (QED) is 0.327. The van der Waals surface area contributed by atoms with E-state index in [0.717, 1.165) is 12.8 Å². The maximum absolute atomic E-state index is 2.75. The number of anilines is 1. The summed E-state index contributed by atoms with van der Waals surface area (Å²) in [6.45, 7) is 7.07. The fourth-order valence-corrected chi connectivity index (χ4v) is 9.16. The van der Waals surface area contributed by atoms with E-state index >= 15 is 0 Å². The minimum atomic E-state index is 0.123. The maximum Gasteiger partial charge on any atom is 0.0949 e. The molecule has 1 aliphatic carbocycles. The van der Waals surface area contributed by atoms with Gasteiger partial charge in [-0.25, -0.2) is 0 Å². The summed E-state index contributed by atoms with van der Waals surface area (Å²) in [5, 5.41) is 0.393. The second kappa shape index (κ2) is 7.64. The number of thioether (sulfide) groups is 1. The van der Waals surface area contributed by atoms with Gasteiger partial charge in [0.15, 0.2) is 0 Å². The molecule has 0 spiro atoms. The first-order valence-electron chi connectivity index (χ1n) is 13.4. The number of unbranched alkanes of at least 4 members (excludes halogenated alkanes) is 1. The molecule has 0 radical (unpaired) electrons. The number of rotatable bonds is 6. The standard InChI is InChI=1S/C33H33NS/c1-4-7-11-22-16-18-23(19-17-22)30-29-26-13-9-8-12-24(26)25-14-10-15-27-28(25)34(29)31(35-30)33(6-3)21-20-32(27,33)5-2/h8-10,12-21,31H,4-7,11H2,1-3H3. The van der Waals surface area contributed by atoms with E-state index in [4.69, 9.17) is 0 Å². The van der Waals surface area contributed by atoms with Crippen molar-refractivity contribution in [3.05, 3.63) is 101 Å². The van der Waals surface area contributed by atoms with Crippen LogP contribution in [-0.4, -0.2) is 5.37 Å². The first-order chi connectivity index (χ1) is 17.2. The zero-order valence-electron chi connectivity index (χ0n) is 21.0. The summed E-state index contributed by atoms with van der Waals surface area (Å²) in [5.74, 6) is 0. The molecule has 0 amide bonds. The Kier molecular flexibility index (Phi) is 4.71. The molecule has 1 nitrogen and oxygen atoms in total. The number of aryl methyl sites for hydroxylation is 1. The summed E-state index contributed by atoms with van der Waals surface area (Å²) in [5.41, 5.74) is 11.7. The van der Waals surface area contributed by atoms with Crippen molar-refractivity contribution in [2.24, 2.45) is 5.41 Å². The van der Waals surface area contributed by atoms with Crippen molar-refractivity contribution in [1.29, 1.82) is 0 Å². The lowest BCUT2D eigenvalue weighted by Crippen LogP contribution is -2.62. The number of allylic oxidation sites excluding steroid dienone is 1. The van der Waals surface area contributed by atoms with Crippen molar-refractivity contribution in [2.75, 3.05) is 4.90 Å². The second-order valence-electron chi connectivity index (χ2n) is 10.6. The van der Waals surface area contributed by atoms with Gasteiger partial charge in [-0.1, -0.05) is 118 Å². The van der Waals surface area contributed by atoms with Crippen molar-refractivity contribution in [1.82, 2.24) is 0 Å². The molecule has 3 heterocycles. The molecular formula is C33H33NS. The Labute approximate surface area is 214 Å². The monoisotopic (exact) mass is 475 g/mol. The molecule has 0 saturated carbocycles. The Morgan fingerprint density at radius 3 is 2.26 bits per heavy atom. The van der Waals surface area contributed by atoms with Crippen LogP contribution in [0.5, 0.6) is 0 Å². The lowest BCUT2D eigenvalue weighted by atomic mass is 9.47. The summed E-state index contributed by atoms with van der Waals surface area (Å²) in [6.07, 6.45) is 11.1. The third-order valence-electron chi connectivity index (χ3n) is 9.26.